The van der Waals surface area contributed by atoms with Crippen LogP contribution in [0.2, 0.25) is 0 Å². The number of phenols is 1. The summed E-state index contributed by atoms with van der Waals surface area (Å²) in [5, 5.41) is 24.4. The minimum atomic E-state index is -5.08. The normalized spacial score (nSPS) is 15.2. The molecular weight excluding hydrogens is 381 g/mol. The number of nitrogens with one attached hydrogen (secondary N) is 1. The van der Waals surface area contributed by atoms with Crippen LogP contribution in [-0.2, 0) is 24.2 Å². The third kappa shape index (κ3) is 3.59. The Morgan fingerprint density at radius 3 is 2.61 bits per heavy atom. The first-order valence-electron chi connectivity index (χ1n) is 8.39. The third-order valence-electron chi connectivity index (χ3n) is 4.49. The van der Waals surface area contributed by atoms with E-state index in [1.54, 1.807) is 12.1 Å². The first-order chi connectivity index (χ1) is 13.1. The van der Waals surface area contributed by atoms with E-state index >= 15 is 0 Å². The second kappa shape index (κ2) is 7.06. The lowest BCUT2D eigenvalue weighted by atomic mass is 9.88. The zero-order valence-electron chi connectivity index (χ0n) is 14.5. The summed E-state index contributed by atoms with van der Waals surface area (Å²) in [4.78, 5) is 21.1. The molecule has 0 saturated heterocycles. The lowest BCUT2D eigenvalue weighted by Gasteiger charge is -2.17. The van der Waals surface area contributed by atoms with Gasteiger partial charge in [-0.05, 0) is 37.0 Å². The molecule has 1 amide bonds. The van der Waals surface area contributed by atoms with Gasteiger partial charge in [-0.15, -0.1) is 0 Å². The second-order valence-corrected chi connectivity index (χ2v) is 6.38. The van der Waals surface area contributed by atoms with Crippen LogP contribution in [-0.4, -0.2) is 44.6 Å². The first kappa shape index (κ1) is 19.5. The van der Waals surface area contributed by atoms with E-state index in [0.717, 1.165) is 48.2 Å². The van der Waals surface area contributed by atoms with Crippen LogP contribution in [0.1, 0.15) is 28.0 Å². The Bertz CT molecular complexity index is 953. The molecule has 0 bridgehead atoms. The molecule has 1 aromatic carbocycles. The van der Waals surface area contributed by atoms with Gasteiger partial charge in [0, 0.05) is 24.2 Å². The van der Waals surface area contributed by atoms with Crippen LogP contribution in [0.15, 0.2) is 12.1 Å². The molecular formula is C17H17F3N4O4. The average molecular weight is 398 g/mol. The highest BCUT2D eigenvalue weighted by molar-refractivity contribution is 5.96. The number of alkyl halides is 3. The van der Waals surface area contributed by atoms with Crippen LogP contribution < -0.4 is 11.1 Å². The summed E-state index contributed by atoms with van der Waals surface area (Å²) in [7, 11) is 0. The minimum Gasteiger partial charge on any atom is -0.506 e. The maximum absolute atomic E-state index is 12.2. The van der Waals surface area contributed by atoms with Gasteiger partial charge in [0.15, 0.2) is 0 Å². The van der Waals surface area contributed by atoms with E-state index in [4.69, 9.17) is 15.6 Å². The molecule has 2 aliphatic rings. The first-order valence-corrected chi connectivity index (χ1v) is 8.39. The Morgan fingerprint density at radius 2 is 1.96 bits per heavy atom. The number of carboxylic acids is 1. The van der Waals surface area contributed by atoms with Crippen molar-refractivity contribution < 1.29 is 33.0 Å². The molecule has 2 aromatic rings. The molecule has 28 heavy (non-hydrogen) atoms. The van der Waals surface area contributed by atoms with Crippen molar-refractivity contribution in [2.45, 2.75) is 32.0 Å². The Balaban J connectivity index is 0.000000279. The van der Waals surface area contributed by atoms with Gasteiger partial charge in [-0.1, -0.05) is 0 Å². The van der Waals surface area contributed by atoms with Crippen LogP contribution in [0.25, 0.3) is 11.3 Å². The van der Waals surface area contributed by atoms with Crippen molar-refractivity contribution in [3.8, 4) is 17.0 Å². The Hall–Kier alpha value is -3.24. The Labute approximate surface area is 156 Å². The van der Waals surface area contributed by atoms with Gasteiger partial charge in [0.1, 0.15) is 11.4 Å². The number of anilines is 1. The number of rotatable bonds is 0. The number of fused-ring (bicyclic) bond motifs is 5. The van der Waals surface area contributed by atoms with Crippen LogP contribution in [0, 0.1) is 0 Å². The van der Waals surface area contributed by atoms with E-state index in [9.17, 15) is 23.1 Å². The number of halogens is 3. The van der Waals surface area contributed by atoms with E-state index in [1.807, 2.05) is 4.68 Å². The summed E-state index contributed by atoms with van der Waals surface area (Å²) in [6.45, 7) is 1.43. The van der Waals surface area contributed by atoms with Crippen molar-refractivity contribution in [2.75, 3.05) is 12.3 Å². The van der Waals surface area contributed by atoms with E-state index < -0.39 is 12.1 Å². The molecule has 0 fully saturated rings. The number of carboxylic acid groups (broad SMARTS) is 1. The summed E-state index contributed by atoms with van der Waals surface area (Å²) in [6.07, 6.45) is -2.67. The number of carbonyl (C=O) groups excluding carboxylic acids is 1. The molecule has 11 heteroatoms. The van der Waals surface area contributed by atoms with Crippen molar-refractivity contribution >= 4 is 17.6 Å². The van der Waals surface area contributed by atoms with Crippen LogP contribution in [0.3, 0.4) is 0 Å². The number of benzene rings is 1. The van der Waals surface area contributed by atoms with E-state index in [2.05, 4.69) is 10.4 Å². The van der Waals surface area contributed by atoms with Gasteiger partial charge in [0.2, 0.25) is 0 Å². The van der Waals surface area contributed by atoms with Crippen molar-refractivity contribution in [3.63, 3.8) is 0 Å². The molecule has 5 N–H and O–H groups in total. The summed E-state index contributed by atoms with van der Waals surface area (Å²) in [5.74, 6) is -2.69. The highest BCUT2D eigenvalue weighted by Crippen LogP contribution is 2.38. The fourth-order valence-corrected chi connectivity index (χ4v) is 3.22. The number of aryl methyl sites for hydroxylation is 2. The Kier molecular flexibility index (Phi) is 4.92. The molecule has 8 nitrogen and oxygen atoms in total. The highest BCUT2D eigenvalue weighted by Gasteiger charge is 2.38. The maximum atomic E-state index is 12.2. The van der Waals surface area contributed by atoms with Gasteiger partial charge in [0.05, 0.1) is 11.4 Å². The molecule has 0 atom stereocenters. The van der Waals surface area contributed by atoms with E-state index in [0.29, 0.717) is 17.9 Å². The molecule has 1 aliphatic carbocycles. The molecule has 0 spiro atoms. The lowest BCUT2D eigenvalue weighted by Crippen LogP contribution is -2.24. The number of nitrogen functional groups attached to an aromatic ring is 1. The third-order valence-corrected chi connectivity index (χ3v) is 4.49. The van der Waals surface area contributed by atoms with Gasteiger partial charge < -0.3 is 21.3 Å². The summed E-state index contributed by atoms with van der Waals surface area (Å²) >= 11 is 0. The number of phenolic OH excluding ortho intramolecular Hbond substituents is 1. The van der Waals surface area contributed by atoms with Crippen LogP contribution in [0.4, 0.5) is 18.9 Å². The molecule has 2 heterocycles. The zero-order chi connectivity index (χ0) is 20.6. The molecule has 4 rings (SSSR count). The largest absolute Gasteiger partial charge is 0.506 e. The zero-order valence-corrected chi connectivity index (χ0v) is 14.5. The van der Waals surface area contributed by atoms with E-state index in [-0.39, 0.29) is 11.7 Å². The van der Waals surface area contributed by atoms with Crippen LogP contribution >= 0.6 is 0 Å². The Morgan fingerprint density at radius 1 is 1.29 bits per heavy atom. The lowest BCUT2D eigenvalue weighted by molar-refractivity contribution is -0.192. The molecule has 0 radical (unpaired) electrons. The number of carbonyl (C=O) groups is 2. The standard InChI is InChI=1S/C15H16N4O2.C2HF3O2/c16-11-7-10-8(6-12(11)20)2-3-9-13(10)18-19-5-1-4-17-15(21)14(9)19;3-2(4,5)1(6)7/h6-7,20H,1-5,16H2,(H,17,21);(H,6,7). The topological polar surface area (TPSA) is 130 Å². The smallest absolute Gasteiger partial charge is 0.490 e. The van der Waals surface area contributed by atoms with Gasteiger partial charge in [-0.25, -0.2) is 4.79 Å². The monoisotopic (exact) mass is 398 g/mol. The van der Waals surface area contributed by atoms with Gasteiger partial charge in [-0.2, -0.15) is 18.3 Å². The number of nitrogens with zero attached hydrogens (tertiary/aromatic N) is 2. The average Bonchev–Trinajstić information content (AvgIpc) is 2.88. The van der Waals surface area contributed by atoms with E-state index in [1.165, 1.54) is 0 Å². The summed E-state index contributed by atoms with van der Waals surface area (Å²) in [5.41, 5.74) is 10.6. The number of hydrogen-bond acceptors (Lipinski definition) is 5. The number of aliphatic carboxylic acids is 1. The molecule has 0 saturated carbocycles. The van der Waals surface area contributed by atoms with Crippen molar-refractivity contribution in [2.24, 2.45) is 0 Å². The molecule has 0 unspecified atom stereocenters. The van der Waals surface area contributed by atoms with Crippen LogP contribution in [0.5, 0.6) is 5.75 Å². The molecule has 1 aromatic heterocycles. The van der Waals surface area contributed by atoms with Gasteiger partial charge in [0.25, 0.3) is 5.91 Å². The summed E-state index contributed by atoms with van der Waals surface area (Å²) in [6, 6.07) is 3.46. The highest BCUT2D eigenvalue weighted by atomic mass is 19.4. The SMILES string of the molecule is Nc1cc2c(cc1O)CCc1c-2nn2c1C(=O)NCCC2.O=C(O)C(F)(F)F. The van der Waals surface area contributed by atoms with Gasteiger partial charge in [-0.3, -0.25) is 9.48 Å². The number of hydrogen-bond donors (Lipinski definition) is 4. The fourth-order valence-electron chi connectivity index (χ4n) is 3.22. The number of aromatic nitrogens is 2. The number of nitrogens with two attached hydrogens (primary N) is 1. The predicted octanol–water partition coefficient (Wildman–Crippen LogP) is 1.70. The van der Waals surface area contributed by atoms with Crippen molar-refractivity contribution in [1.29, 1.82) is 0 Å². The molecule has 150 valence electrons. The number of aromatic hydroxyl groups is 1. The quantitative estimate of drug-likeness (QED) is 0.395. The predicted molar refractivity (Wildman–Crippen MR) is 91.8 cm³/mol. The number of amides is 1. The van der Waals surface area contributed by atoms with Crippen molar-refractivity contribution in [1.82, 2.24) is 15.1 Å². The van der Waals surface area contributed by atoms with Gasteiger partial charge >= 0.3 is 12.1 Å². The fraction of sp³-hybridized carbons (Fsp3) is 0.353. The maximum Gasteiger partial charge on any atom is 0.490 e. The second-order valence-electron chi connectivity index (χ2n) is 6.38. The summed E-state index contributed by atoms with van der Waals surface area (Å²) < 4.78 is 33.5. The minimum absolute atomic E-state index is 0.0450. The van der Waals surface area contributed by atoms with Crippen molar-refractivity contribution in [3.05, 3.63) is 29.0 Å². The molecule has 1 aliphatic heterocycles.